The molecule has 0 saturated heterocycles. The van der Waals surface area contributed by atoms with E-state index in [1.54, 1.807) is 40.9 Å². The number of anilines is 1. The molecule has 7 nitrogen and oxygen atoms in total. The highest BCUT2D eigenvalue weighted by Gasteiger charge is 2.25. The molecule has 210 valence electrons. The number of nitrogens with zero attached hydrogens (tertiary/aromatic N) is 4. The van der Waals surface area contributed by atoms with Crippen LogP contribution in [0.15, 0.2) is 52.3 Å². The first kappa shape index (κ1) is 32.5. The molecule has 0 unspecified atom stereocenters. The Kier molecular flexibility index (Phi) is 13.0. The Bertz CT molecular complexity index is 1270. The third-order valence-electron chi connectivity index (χ3n) is 6.28. The molecule has 1 aromatic heterocycles. The molecule has 0 N–H and O–H groups in total. The van der Waals surface area contributed by atoms with Gasteiger partial charge in [0.1, 0.15) is 0 Å². The van der Waals surface area contributed by atoms with Crippen LogP contribution in [0.4, 0.5) is 5.13 Å². The molecule has 1 amide bonds. The Hall–Kier alpha value is -1.69. The van der Waals surface area contributed by atoms with Gasteiger partial charge in [-0.15, -0.1) is 24.2 Å². The Labute approximate surface area is 242 Å². The predicted octanol–water partition coefficient (Wildman–Crippen LogP) is 6.24. The number of fused-ring (bicyclic) bond motifs is 1. The van der Waals surface area contributed by atoms with Crippen LogP contribution in [0.2, 0.25) is 0 Å². The van der Waals surface area contributed by atoms with Gasteiger partial charge >= 0.3 is 0 Å². The molecule has 3 aromatic rings. The first-order chi connectivity index (χ1) is 17.8. The maximum Gasteiger partial charge on any atom is 0.260 e. The molecule has 1 heterocycles. The molecule has 11 heteroatoms. The van der Waals surface area contributed by atoms with E-state index in [2.05, 4.69) is 24.8 Å². The van der Waals surface area contributed by atoms with E-state index in [1.165, 1.54) is 15.6 Å². The Morgan fingerprint density at radius 3 is 2.11 bits per heavy atom. The maximum absolute atomic E-state index is 13.7. The zero-order valence-electron chi connectivity index (χ0n) is 22.8. The number of halogens is 1. The smallest absolute Gasteiger partial charge is 0.260 e. The molecule has 38 heavy (non-hydrogen) atoms. The van der Waals surface area contributed by atoms with Crippen LogP contribution in [0.1, 0.15) is 50.9 Å². The zero-order valence-corrected chi connectivity index (χ0v) is 26.1. The highest BCUT2D eigenvalue weighted by atomic mass is 35.5. The topological polar surface area (TPSA) is 73.8 Å². The first-order valence-corrected chi connectivity index (χ1v) is 16.4. The second-order valence-electron chi connectivity index (χ2n) is 8.74. The number of carbonyl (C=O) groups is 1. The van der Waals surface area contributed by atoms with Crippen LogP contribution >= 0.6 is 35.5 Å². The van der Waals surface area contributed by atoms with E-state index in [0.29, 0.717) is 30.3 Å². The molecule has 0 bridgehead atoms. The number of carbonyl (C=O) groups excluding carboxylic acids is 1. The lowest BCUT2D eigenvalue weighted by atomic mass is 10.2. The summed E-state index contributed by atoms with van der Waals surface area (Å²) in [6.45, 7) is 12.1. The number of thioether (sulfide) groups is 1. The van der Waals surface area contributed by atoms with Gasteiger partial charge in [-0.3, -0.25) is 9.69 Å². The Morgan fingerprint density at radius 2 is 1.55 bits per heavy atom. The van der Waals surface area contributed by atoms with E-state index in [4.69, 9.17) is 4.98 Å². The van der Waals surface area contributed by atoms with Gasteiger partial charge in [-0.2, -0.15) is 4.31 Å². The van der Waals surface area contributed by atoms with Gasteiger partial charge in [0, 0.05) is 36.6 Å². The minimum atomic E-state index is -3.60. The van der Waals surface area contributed by atoms with E-state index in [9.17, 15) is 13.2 Å². The number of hydrogen-bond donors (Lipinski definition) is 0. The largest absolute Gasteiger partial charge is 0.302 e. The number of likely N-dealkylation sites (N-methyl/N-ethyl adjacent to an activating group) is 1. The fourth-order valence-corrected chi connectivity index (χ4v) is 7.29. The molecule has 0 aliphatic rings. The van der Waals surface area contributed by atoms with Gasteiger partial charge in [0.15, 0.2) is 5.13 Å². The summed E-state index contributed by atoms with van der Waals surface area (Å²) in [7, 11) is -3.60. The molecule has 3 rings (SSSR count). The number of amides is 1. The van der Waals surface area contributed by atoms with Gasteiger partial charge in [-0.05, 0) is 74.7 Å². The van der Waals surface area contributed by atoms with E-state index in [1.807, 2.05) is 32.2 Å². The van der Waals surface area contributed by atoms with Crippen LogP contribution < -0.4 is 4.90 Å². The number of sulfonamides is 1. The second-order valence-corrected chi connectivity index (χ2v) is 12.6. The lowest BCUT2D eigenvalue weighted by Crippen LogP contribution is -2.39. The summed E-state index contributed by atoms with van der Waals surface area (Å²) in [6, 6.07) is 12.5. The molecule has 2 aromatic carbocycles. The number of rotatable bonds is 14. The van der Waals surface area contributed by atoms with Crippen molar-refractivity contribution in [3.8, 4) is 0 Å². The molecular formula is C27H39ClN4O3S3. The van der Waals surface area contributed by atoms with Crippen molar-refractivity contribution in [3.05, 3.63) is 48.0 Å². The minimum absolute atomic E-state index is 0. The monoisotopic (exact) mass is 598 g/mol. The van der Waals surface area contributed by atoms with E-state index < -0.39 is 10.0 Å². The van der Waals surface area contributed by atoms with Crippen LogP contribution in [0, 0.1) is 0 Å². The summed E-state index contributed by atoms with van der Waals surface area (Å²) in [4.78, 5) is 23.9. The molecule has 0 fully saturated rings. The Balaban J connectivity index is 0.00000507. The quantitative estimate of drug-likeness (QED) is 0.205. The normalized spacial score (nSPS) is 11.8. The van der Waals surface area contributed by atoms with Gasteiger partial charge in [-0.25, -0.2) is 13.4 Å². The molecule has 0 spiro atoms. The van der Waals surface area contributed by atoms with Gasteiger partial charge in [0.05, 0.1) is 15.1 Å². The fraction of sp³-hybridized carbons (Fsp3) is 0.481. The van der Waals surface area contributed by atoms with Crippen LogP contribution in [0.25, 0.3) is 10.2 Å². The van der Waals surface area contributed by atoms with Gasteiger partial charge in [0.2, 0.25) is 10.0 Å². The average Bonchev–Trinajstić information content (AvgIpc) is 3.33. The minimum Gasteiger partial charge on any atom is -0.302 e. The van der Waals surface area contributed by atoms with Crippen LogP contribution in [0.3, 0.4) is 0 Å². The van der Waals surface area contributed by atoms with Crippen molar-refractivity contribution in [3.63, 3.8) is 0 Å². The van der Waals surface area contributed by atoms with E-state index in [0.717, 1.165) is 47.6 Å². The van der Waals surface area contributed by atoms with Crippen molar-refractivity contribution < 1.29 is 13.2 Å². The number of aromatic nitrogens is 1. The van der Waals surface area contributed by atoms with Crippen molar-refractivity contribution in [2.75, 3.05) is 50.4 Å². The predicted molar refractivity (Wildman–Crippen MR) is 164 cm³/mol. The lowest BCUT2D eigenvalue weighted by Gasteiger charge is -2.25. The summed E-state index contributed by atoms with van der Waals surface area (Å²) >= 11 is 3.18. The summed E-state index contributed by atoms with van der Waals surface area (Å²) in [5, 5.41) is 0.652. The number of hydrogen-bond acceptors (Lipinski definition) is 7. The first-order valence-electron chi connectivity index (χ1n) is 12.9. The summed E-state index contributed by atoms with van der Waals surface area (Å²) in [5.41, 5.74) is 1.31. The van der Waals surface area contributed by atoms with E-state index >= 15 is 0 Å². The lowest BCUT2D eigenvalue weighted by molar-refractivity contribution is 0.0983. The van der Waals surface area contributed by atoms with Gasteiger partial charge < -0.3 is 4.90 Å². The highest BCUT2D eigenvalue weighted by molar-refractivity contribution is 7.98. The van der Waals surface area contributed by atoms with Crippen molar-refractivity contribution in [2.45, 2.75) is 50.3 Å². The standard InChI is InChI=1S/C27H38N4O3S3.ClH/c1-6-16-30(17-7-2)37(33,34)23-13-10-21(11-14-23)26(32)31(19-18-29(8-3)9-4)27-28-24-15-12-22(35-5)20-25(24)36-27;/h10-15,20H,6-9,16-19H2,1-5H3;1H. The highest BCUT2D eigenvalue weighted by Crippen LogP contribution is 2.32. The third-order valence-corrected chi connectivity index (χ3v) is 9.96. The summed E-state index contributed by atoms with van der Waals surface area (Å²) in [5.74, 6) is -0.181. The molecule has 0 aliphatic carbocycles. The van der Waals surface area contributed by atoms with Crippen molar-refractivity contribution in [2.24, 2.45) is 0 Å². The summed E-state index contributed by atoms with van der Waals surface area (Å²) in [6.07, 6.45) is 3.53. The van der Waals surface area contributed by atoms with Gasteiger partial charge in [-0.1, -0.05) is 39.0 Å². The van der Waals surface area contributed by atoms with Crippen molar-refractivity contribution >= 4 is 66.8 Å². The SMILES string of the molecule is CCCN(CCC)S(=O)(=O)c1ccc(C(=O)N(CCN(CC)CC)c2nc3ccc(SC)cc3s2)cc1.Cl. The summed E-state index contributed by atoms with van der Waals surface area (Å²) < 4.78 is 28.9. The molecule has 0 saturated carbocycles. The Morgan fingerprint density at radius 1 is 0.921 bits per heavy atom. The third kappa shape index (κ3) is 7.70. The van der Waals surface area contributed by atoms with Gasteiger partial charge in [0.25, 0.3) is 5.91 Å². The van der Waals surface area contributed by atoms with Crippen LogP contribution in [-0.2, 0) is 10.0 Å². The van der Waals surface area contributed by atoms with E-state index in [-0.39, 0.29) is 23.2 Å². The molecule has 0 atom stereocenters. The number of benzene rings is 2. The van der Waals surface area contributed by atoms with Crippen LogP contribution in [0.5, 0.6) is 0 Å². The average molecular weight is 599 g/mol. The zero-order chi connectivity index (χ0) is 27.0. The van der Waals surface area contributed by atoms with Crippen LogP contribution in [-0.4, -0.2) is 74.0 Å². The molecule has 0 radical (unpaired) electrons. The molecular weight excluding hydrogens is 560 g/mol. The fourth-order valence-electron chi connectivity index (χ4n) is 4.13. The molecule has 0 aliphatic heterocycles. The maximum atomic E-state index is 13.7. The number of thiazole rings is 1. The second kappa shape index (κ2) is 15.2. The van der Waals surface area contributed by atoms with Crippen molar-refractivity contribution in [1.29, 1.82) is 0 Å². The van der Waals surface area contributed by atoms with Crippen molar-refractivity contribution in [1.82, 2.24) is 14.2 Å².